The van der Waals surface area contributed by atoms with Gasteiger partial charge >= 0.3 is 0 Å². The quantitative estimate of drug-likeness (QED) is 0.186. The molecule has 2 aromatic heterocycles. The van der Waals surface area contributed by atoms with E-state index >= 15 is 0 Å². The minimum absolute atomic E-state index is 0.636. The topological polar surface area (TPSA) is 43.6 Å². The van der Waals surface area contributed by atoms with E-state index in [4.69, 9.17) is 15.0 Å². The fourth-order valence-electron chi connectivity index (χ4n) is 7.43. The molecule has 0 radical (unpaired) electrons. The van der Waals surface area contributed by atoms with E-state index in [1.165, 1.54) is 38.0 Å². The number of hydrogen-bond acceptors (Lipinski definition) is 3. The van der Waals surface area contributed by atoms with Crippen molar-refractivity contribution in [2.45, 2.75) is 0 Å². The summed E-state index contributed by atoms with van der Waals surface area (Å²) in [6.45, 7) is 0. The molecule has 238 valence electrons. The van der Waals surface area contributed by atoms with Crippen LogP contribution in [0.2, 0.25) is 0 Å². The summed E-state index contributed by atoms with van der Waals surface area (Å²) < 4.78 is 2.39. The van der Waals surface area contributed by atoms with Crippen molar-refractivity contribution in [3.8, 4) is 51.0 Å². The molecule has 51 heavy (non-hydrogen) atoms. The maximum absolute atomic E-state index is 5.15. The van der Waals surface area contributed by atoms with Crippen molar-refractivity contribution in [3.63, 3.8) is 0 Å². The Morgan fingerprint density at radius 3 is 1.82 bits per heavy atom. The number of aromatic nitrogens is 4. The Kier molecular flexibility index (Phi) is 6.78. The van der Waals surface area contributed by atoms with Crippen molar-refractivity contribution >= 4 is 43.4 Å². The van der Waals surface area contributed by atoms with Gasteiger partial charge in [-0.2, -0.15) is 0 Å². The highest BCUT2D eigenvalue weighted by Gasteiger charge is 2.18. The van der Waals surface area contributed by atoms with Gasteiger partial charge in [0.05, 0.1) is 11.0 Å². The molecule has 10 rings (SSSR count). The van der Waals surface area contributed by atoms with Crippen LogP contribution in [0.25, 0.3) is 94.3 Å². The molecule has 4 heteroatoms. The van der Waals surface area contributed by atoms with Gasteiger partial charge in [0, 0.05) is 33.2 Å². The molecule has 0 fully saturated rings. The average Bonchev–Trinajstić information content (AvgIpc) is 3.56. The smallest absolute Gasteiger partial charge is 0.164 e. The summed E-state index contributed by atoms with van der Waals surface area (Å²) in [6.07, 6.45) is 0. The number of para-hydroxylation sites is 1. The minimum Gasteiger partial charge on any atom is -0.309 e. The van der Waals surface area contributed by atoms with Crippen LogP contribution in [0.3, 0.4) is 0 Å². The van der Waals surface area contributed by atoms with E-state index in [0.717, 1.165) is 38.9 Å². The minimum atomic E-state index is 0.636. The molecule has 0 spiro atoms. The largest absolute Gasteiger partial charge is 0.309 e. The van der Waals surface area contributed by atoms with Gasteiger partial charge in [-0.1, -0.05) is 152 Å². The van der Waals surface area contributed by atoms with Gasteiger partial charge in [-0.05, 0) is 63.0 Å². The lowest BCUT2D eigenvalue weighted by Crippen LogP contribution is -2.01. The van der Waals surface area contributed by atoms with Gasteiger partial charge in [0.25, 0.3) is 0 Å². The van der Waals surface area contributed by atoms with Gasteiger partial charge in [0.2, 0.25) is 0 Å². The molecule has 0 amide bonds. The zero-order valence-electron chi connectivity index (χ0n) is 27.6. The molecule has 0 aliphatic rings. The zero-order chi connectivity index (χ0) is 33.7. The highest BCUT2D eigenvalue weighted by atomic mass is 15.0. The molecule has 10 aromatic rings. The van der Waals surface area contributed by atoms with Crippen molar-refractivity contribution < 1.29 is 0 Å². The molecule has 8 aromatic carbocycles. The van der Waals surface area contributed by atoms with E-state index < -0.39 is 0 Å². The summed E-state index contributed by atoms with van der Waals surface area (Å²) in [5.41, 5.74) is 8.45. The Morgan fingerprint density at radius 2 is 0.961 bits per heavy atom. The van der Waals surface area contributed by atoms with Gasteiger partial charge in [0.1, 0.15) is 0 Å². The van der Waals surface area contributed by atoms with Crippen molar-refractivity contribution in [1.82, 2.24) is 19.5 Å². The van der Waals surface area contributed by atoms with Crippen LogP contribution < -0.4 is 0 Å². The lowest BCUT2D eigenvalue weighted by molar-refractivity contribution is 1.07. The molecular weight excluding hydrogens is 621 g/mol. The molecule has 0 aliphatic heterocycles. The van der Waals surface area contributed by atoms with Crippen LogP contribution >= 0.6 is 0 Å². The van der Waals surface area contributed by atoms with Crippen LogP contribution in [-0.4, -0.2) is 19.5 Å². The molecule has 0 aliphatic carbocycles. The predicted octanol–water partition coefficient (Wildman–Crippen LogP) is 11.9. The van der Waals surface area contributed by atoms with Crippen LogP contribution in [0.5, 0.6) is 0 Å². The number of nitrogens with zero attached hydrogens (tertiary/aromatic N) is 4. The normalized spacial score (nSPS) is 11.5. The van der Waals surface area contributed by atoms with Crippen LogP contribution in [0.4, 0.5) is 0 Å². The van der Waals surface area contributed by atoms with E-state index in [2.05, 4.69) is 156 Å². The molecule has 2 heterocycles. The third-order valence-electron chi connectivity index (χ3n) is 9.82. The maximum atomic E-state index is 5.15. The summed E-state index contributed by atoms with van der Waals surface area (Å²) in [7, 11) is 0. The molecule has 0 N–H and O–H groups in total. The van der Waals surface area contributed by atoms with Crippen LogP contribution in [0, 0.1) is 0 Å². The zero-order valence-corrected chi connectivity index (χ0v) is 27.6. The van der Waals surface area contributed by atoms with Crippen molar-refractivity contribution in [3.05, 3.63) is 182 Å². The third-order valence-corrected chi connectivity index (χ3v) is 9.82. The predicted molar refractivity (Wildman–Crippen MR) is 211 cm³/mol. The second kappa shape index (κ2) is 11.9. The monoisotopic (exact) mass is 650 g/mol. The van der Waals surface area contributed by atoms with Crippen LogP contribution in [0.1, 0.15) is 0 Å². The molecule has 0 saturated heterocycles. The second-order valence-corrected chi connectivity index (χ2v) is 12.9. The van der Waals surface area contributed by atoms with E-state index in [9.17, 15) is 0 Å². The first-order valence-corrected chi connectivity index (χ1v) is 17.2. The van der Waals surface area contributed by atoms with Crippen LogP contribution in [-0.2, 0) is 0 Å². The molecule has 0 bridgehead atoms. The van der Waals surface area contributed by atoms with Crippen molar-refractivity contribution in [2.75, 3.05) is 0 Å². The Labute approximate surface area is 295 Å². The van der Waals surface area contributed by atoms with E-state index in [1.54, 1.807) is 0 Å². The fourth-order valence-corrected chi connectivity index (χ4v) is 7.43. The van der Waals surface area contributed by atoms with Gasteiger partial charge in [-0.3, -0.25) is 0 Å². The molecule has 0 saturated carbocycles. The maximum Gasteiger partial charge on any atom is 0.164 e. The number of fused-ring (bicyclic) bond motifs is 6. The summed E-state index contributed by atoms with van der Waals surface area (Å²) in [4.78, 5) is 15.3. The standard InChI is InChI=1S/C47H30N4/c1-2-15-33(16-3-1)45-48-46(36-26-25-31-13-4-5-17-34(31)29-36)50-47(49-45)40-22-9-8-20-38(40)35-18-12-19-37(30-35)51-42-24-11-10-23-41(42)44-39-21-7-6-14-32(39)27-28-43(44)51/h1-30H. The van der Waals surface area contributed by atoms with Crippen molar-refractivity contribution in [1.29, 1.82) is 0 Å². The molecule has 4 nitrogen and oxygen atoms in total. The van der Waals surface area contributed by atoms with Gasteiger partial charge in [-0.25, -0.2) is 15.0 Å². The van der Waals surface area contributed by atoms with Gasteiger partial charge in [-0.15, -0.1) is 0 Å². The Balaban J connectivity index is 1.16. The Morgan fingerprint density at radius 1 is 0.333 bits per heavy atom. The van der Waals surface area contributed by atoms with E-state index in [1.807, 2.05) is 30.3 Å². The highest BCUT2D eigenvalue weighted by molar-refractivity contribution is 6.21. The first-order valence-electron chi connectivity index (χ1n) is 17.2. The van der Waals surface area contributed by atoms with Crippen LogP contribution in [0.15, 0.2) is 182 Å². The lowest BCUT2D eigenvalue weighted by Gasteiger charge is -2.14. The van der Waals surface area contributed by atoms with E-state index in [-0.39, 0.29) is 0 Å². The molecule has 0 atom stereocenters. The first kappa shape index (κ1) is 29.0. The highest BCUT2D eigenvalue weighted by Crippen LogP contribution is 2.39. The third kappa shape index (κ3) is 4.96. The summed E-state index contributed by atoms with van der Waals surface area (Å²) >= 11 is 0. The van der Waals surface area contributed by atoms with Gasteiger partial charge < -0.3 is 4.57 Å². The Bertz CT molecular complexity index is 2920. The summed E-state index contributed by atoms with van der Waals surface area (Å²) in [5.74, 6) is 1.92. The fraction of sp³-hybridized carbons (Fsp3) is 0. The number of rotatable bonds is 5. The summed E-state index contributed by atoms with van der Waals surface area (Å²) in [5, 5.41) is 7.35. The van der Waals surface area contributed by atoms with Crippen molar-refractivity contribution in [2.24, 2.45) is 0 Å². The van der Waals surface area contributed by atoms with E-state index in [0.29, 0.717) is 17.5 Å². The van der Waals surface area contributed by atoms with Gasteiger partial charge in [0.15, 0.2) is 17.5 Å². The summed E-state index contributed by atoms with van der Waals surface area (Å²) in [6, 6.07) is 64.0. The Hall–Kier alpha value is -6.91. The average molecular weight is 651 g/mol. The number of benzene rings is 8. The number of hydrogen-bond donors (Lipinski definition) is 0. The lowest BCUT2D eigenvalue weighted by atomic mass is 9.98. The molecule has 0 unspecified atom stereocenters. The SMILES string of the molecule is c1ccc(-c2nc(-c3ccc4ccccc4c3)nc(-c3ccccc3-c3cccc(-n4c5ccccc5c5c6ccccc6ccc54)c3)n2)cc1. The first-order chi connectivity index (χ1) is 25.3. The second-order valence-electron chi connectivity index (χ2n) is 12.9. The molecular formula is C47H30N4.